The van der Waals surface area contributed by atoms with Crippen LogP contribution in [0.15, 0.2) is 17.5 Å². The molecule has 1 aromatic heterocycles. The zero-order chi connectivity index (χ0) is 11.1. The second-order valence-electron chi connectivity index (χ2n) is 4.19. The van der Waals surface area contributed by atoms with Gasteiger partial charge in [0.2, 0.25) is 0 Å². The van der Waals surface area contributed by atoms with Gasteiger partial charge in [-0.05, 0) is 43.0 Å². The maximum atomic E-state index is 5.46. The van der Waals surface area contributed by atoms with Gasteiger partial charge in [-0.2, -0.15) is 0 Å². The molecule has 1 N–H and O–H groups in total. The van der Waals surface area contributed by atoms with Gasteiger partial charge < -0.3 is 10.1 Å². The lowest BCUT2D eigenvalue weighted by atomic mass is 9.89. The molecule has 1 aliphatic carbocycles. The van der Waals surface area contributed by atoms with Gasteiger partial charge >= 0.3 is 0 Å². The average Bonchev–Trinajstić information content (AvgIpc) is 2.76. The molecule has 1 aromatic carbocycles. The van der Waals surface area contributed by atoms with Gasteiger partial charge in [0.15, 0.2) is 0 Å². The SMILES string of the molecule is CNC1CCc2c(OC)ccc3scc1c23. The molecule has 0 bridgehead atoms. The standard InChI is InChI=1S/C13H15NOS/c1-14-10-4-3-8-11(15-2)5-6-12-13(8)9(10)7-16-12/h5-7,10,14H,3-4H2,1-2H3. The minimum Gasteiger partial charge on any atom is -0.496 e. The molecule has 0 saturated carbocycles. The summed E-state index contributed by atoms with van der Waals surface area (Å²) in [5, 5.41) is 7.11. The lowest BCUT2D eigenvalue weighted by Crippen LogP contribution is -2.19. The zero-order valence-corrected chi connectivity index (χ0v) is 10.4. The average molecular weight is 233 g/mol. The minimum atomic E-state index is 0.508. The van der Waals surface area contributed by atoms with Gasteiger partial charge in [0.1, 0.15) is 5.75 Å². The number of benzene rings is 1. The summed E-state index contributed by atoms with van der Waals surface area (Å²) < 4.78 is 6.84. The highest BCUT2D eigenvalue weighted by molar-refractivity contribution is 7.17. The van der Waals surface area contributed by atoms with E-state index in [1.807, 2.05) is 18.4 Å². The molecule has 0 spiro atoms. The van der Waals surface area contributed by atoms with E-state index in [9.17, 15) is 0 Å². The van der Waals surface area contributed by atoms with Crippen molar-refractivity contribution >= 4 is 21.4 Å². The molecule has 1 atom stereocenters. The van der Waals surface area contributed by atoms with Crippen molar-refractivity contribution in [2.75, 3.05) is 14.2 Å². The Morgan fingerprint density at radius 2 is 2.31 bits per heavy atom. The Kier molecular flexibility index (Phi) is 2.37. The molecule has 1 unspecified atom stereocenters. The van der Waals surface area contributed by atoms with Crippen molar-refractivity contribution in [3.63, 3.8) is 0 Å². The van der Waals surface area contributed by atoms with Gasteiger partial charge in [0.25, 0.3) is 0 Å². The Morgan fingerprint density at radius 1 is 1.44 bits per heavy atom. The number of hydrogen-bond acceptors (Lipinski definition) is 3. The van der Waals surface area contributed by atoms with Crippen LogP contribution in [0, 0.1) is 0 Å². The summed E-state index contributed by atoms with van der Waals surface area (Å²) in [4.78, 5) is 0. The van der Waals surface area contributed by atoms with E-state index in [4.69, 9.17) is 4.74 Å². The predicted molar refractivity (Wildman–Crippen MR) is 68.5 cm³/mol. The van der Waals surface area contributed by atoms with E-state index in [0.717, 1.165) is 18.6 Å². The first kappa shape index (κ1) is 10.1. The van der Waals surface area contributed by atoms with Crippen molar-refractivity contribution in [1.29, 1.82) is 0 Å². The van der Waals surface area contributed by atoms with E-state index in [2.05, 4.69) is 22.8 Å². The first-order valence-corrected chi connectivity index (χ1v) is 6.47. The first-order valence-electron chi connectivity index (χ1n) is 5.59. The van der Waals surface area contributed by atoms with Crippen molar-refractivity contribution in [2.24, 2.45) is 0 Å². The fourth-order valence-electron chi connectivity index (χ4n) is 2.65. The molecule has 0 saturated heterocycles. The van der Waals surface area contributed by atoms with E-state index in [-0.39, 0.29) is 0 Å². The van der Waals surface area contributed by atoms with Crippen LogP contribution >= 0.6 is 11.3 Å². The molecule has 2 nitrogen and oxygen atoms in total. The molecule has 2 aromatic rings. The number of rotatable bonds is 2. The number of thiophene rings is 1. The highest BCUT2D eigenvalue weighted by Crippen LogP contribution is 2.42. The van der Waals surface area contributed by atoms with Crippen LogP contribution in [0.4, 0.5) is 0 Å². The maximum Gasteiger partial charge on any atom is 0.122 e. The Balaban J connectivity index is 2.31. The van der Waals surface area contributed by atoms with Crippen LogP contribution in [0.1, 0.15) is 23.6 Å². The molecule has 0 radical (unpaired) electrons. The van der Waals surface area contributed by atoms with Crippen LogP contribution in [0.3, 0.4) is 0 Å². The molecule has 3 heteroatoms. The lowest BCUT2D eigenvalue weighted by Gasteiger charge is -2.23. The van der Waals surface area contributed by atoms with Crippen LogP contribution in [-0.2, 0) is 6.42 Å². The van der Waals surface area contributed by atoms with Gasteiger partial charge in [-0.3, -0.25) is 0 Å². The second-order valence-corrected chi connectivity index (χ2v) is 5.10. The van der Waals surface area contributed by atoms with E-state index < -0.39 is 0 Å². The van der Waals surface area contributed by atoms with Crippen molar-refractivity contribution < 1.29 is 4.74 Å². The minimum absolute atomic E-state index is 0.508. The normalized spacial score (nSPS) is 19.0. The number of nitrogens with one attached hydrogen (secondary N) is 1. The zero-order valence-electron chi connectivity index (χ0n) is 9.54. The van der Waals surface area contributed by atoms with Crippen molar-refractivity contribution in [3.05, 3.63) is 28.6 Å². The van der Waals surface area contributed by atoms with Crippen LogP contribution in [0.25, 0.3) is 10.1 Å². The van der Waals surface area contributed by atoms with Gasteiger partial charge in [0, 0.05) is 21.7 Å². The van der Waals surface area contributed by atoms with Crippen LogP contribution in [0.5, 0.6) is 5.75 Å². The molecule has 1 aliphatic rings. The summed E-state index contributed by atoms with van der Waals surface area (Å²) in [5.41, 5.74) is 2.84. The molecule has 0 fully saturated rings. The fourth-order valence-corrected chi connectivity index (χ4v) is 3.69. The monoisotopic (exact) mass is 233 g/mol. The van der Waals surface area contributed by atoms with Gasteiger partial charge in [-0.25, -0.2) is 0 Å². The molecule has 3 rings (SSSR count). The number of aryl methyl sites for hydroxylation is 1. The quantitative estimate of drug-likeness (QED) is 0.860. The smallest absolute Gasteiger partial charge is 0.122 e. The summed E-state index contributed by atoms with van der Waals surface area (Å²) in [6.45, 7) is 0. The molecule has 0 amide bonds. The summed E-state index contributed by atoms with van der Waals surface area (Å²) in [6, 6.07) is 4.77. The molecule has 0 aliphatic heterocycles. The van der Waals surface area contributed by atoms with Crippen molar-refractivity contribution in [2.45, 2.75) is 18.9 Å². The Bertz CT molecular complexity index is 532. The molecule has 84 valence electrons. The maximum absolute atomic E-state index is 5.46. The van der Waals surface area contributed by atoms with Crippen LogP contribution < -0.4 is 10.1 Å². The molecule has 16 heavy (non-hydrogen) atoms. The molecular formula is C13H15NOS. The summed E-state index contributed by atoms with van der Waals surface area (Å²) in [7, 11) is 3.80. The second kappa shape index (κ2) is 3.75. The fraction of sp³-hybridized carbons (Fsp3) is 0.385. The highest BCUT2D eigenvalue weighted by Gasteiger charge is 2.24. The Labute approximate surface area is 99.2 Å². The van der Waals surface area contributed by atoms with Crippen molar-refractivity contribution in [1.82, 2.24) is 5.32 Å². The Hall–Kier alpha value is -1.06. The van der Waals surface area contributed by atoms with E-state index in [1.54, 1.807) is 7.11 Å². The molecular weight excluding hydrogens is 218 g/mol. The van der Waals surface area contributed by atoms with Gasteiger partial charge in [0.05, 0.1) is 7.11 Å². The van der Waals surface area contributed by atoms with Crippen molar-refractivity contribution in [3.8, 4) is 5.75 Å². The topological polar surface area (TPSA) is 21.3 Å². The number of ether oxygens (including phenoxy) is 1. The highest BCUT2D eigenvalue weighted by atomic mass is 32.1. The first-order chi connectivity index (χ1) is 7.85. The van der Waals surface area contributed by atoms with Crippen LogP contribution in [0.2, 0.25) is 0 Å². The Morgan fingerprint density at radius 3 is 3.06 bits per heavy atom. The largest absolute Gasteiger partial charge is 0.496 e. The van der Waals surface area contributed by atoms with Crippen LogP contribution in [-0.4, -0.2) is 14.2 Å². The third-order valence-electron chi connectivity index (χ3n) is 3.46. The van der Waals surface area contributed by atoms with Gasteiger partial charge in [-0.1, -0.05) is 0 Å². The lowest BCUT2D eigenvalue weighted by molar-refractivity contribution is 0.407. The van der Waals surface area contributed by atoms with Gasteiger partial charge in [-0.15, -0.1) is 11.3 Å². The summed E-state index contributed by atoms with van der Waals surface area (Å²) >= 11 is 1.84. The van der Waals surface area contributed by atoms with E-state index >= 15 is 0 Å². The number of methoxy groups -OCH3 is 1. The van der Waals surface area contributed by atoms with E-state index in [1.165, 1.54) is 21.2 Å². The van der Waals surface area contributed by atoms with E-state index in [0.29, 0.717) is 6.04 Å². The summed E-state index contributed by atoms with van der Waals surface area (Å²) in [5.74, 6) is 1.04. The third-order valence-corrected chi connectivity index (χ3v) is 4.43. The third kappa shape index (κ3) is 1.28. The number of hydrogen-bond donors (Lipinski definition) is 1. The summed E-state index contributed by atoms with van der Waals surface area (Å²) in [6.07, 6.45) is 2.27. The molecule has 1 heterocycles. The predicted octanol–water partition coefficient (Wildman–Crippen LogP) is 3.12.